The Morgan fingerprint density at radius 2 is 1.09 bits per heavy atom. The van der Waals surface area contributed by atoms with E-state index >= 15 is 0 Å². The molecule has 0 aromatic heterocycles. The van der Waals surface area contributed by atoms with Gasteiger partial charge in [-0.25, -0.2) is 0 Å². The predicted molar refractivity (Wildman–Crippen MR) is 289 cm³/mol. The maximum atomic E-state index is 9.79. The Bertz CT molecular complexity index is 1130. The molecule has 11 nitrogen and oxygen atoms in total. The SMILES string of the molecule is CCC(C)C.CCC(O)CC(C)C.CCC1OC(O)C(C(C)C)C(O)C1O.CCCOCC(C)C.COCCOCC(C)C.COCCOCCC(C)C.Cc1ccc(CCCC(C)C)cc1O. The van der Waals surface area contributed by atoms with Crippen molar-refractivity contribution in [2.75, 3.05) is 67.1 Å². The van der Waals surface area contributed by atoms with Crippen LogP contribution in [0.3, 0.4) is 0 Å². The standard InChI is InChI=1S/C13H20O.C10H20O4.C8H18O2.C7H16O2.2C7H16O.C5H12/c1-10(2)5-4-6-12-8-7-11(3)13(14)9-12;1-4-6-8(11)9(12)7(5(2)3)10(13)14-6;1-8(2)4-5-10-7-6-9-3;1-7(2)6-9-5-4-8-3;1-4-7(8)5-6(2)3;1-4-5-8-6-7(2)3;1-4-5(2)3/h7-10,14H,4-6H2,1-3H3;5-13H,4H2,1-3H3;8H,4-7H2,1-3H3;7H,4-6H2,1-3H3;6-8H,4-5H2,1-3H3;7H,4-6H2,1-3H3;5H,4H2,1-3H3. The maximum absolute atomic E-state index is 9.79. The molecular formula is C57H118O11. The van der Waals surface area contributed by atoms with Gasteiger partial charge in [0.25, 0.3) is 0 Å². The highest BCUT2D eigenvalue weighted by Crippen LogP contribution is 2.31. The van der Waals surface area contributed by atoms with E-state index in [2.05, 4.69) is 103 Å². The average molecular weight is 980 g/mol. The van der Waals surface area contributed by atoms with E-state index in [0.29, 0.717) is 49.7 Å². The van der Waals surface area contributed by atoms with Crippen LogP contribution in [0.25, 0.3) is 0 Å². The summed E-state index contributed by atoms with van der Waals surface area (Å²) in [5.41, 5.74) is 2.20. The summed E-state index contributed by atoms with van der Waals surface area (Å²) < 4.78 is 30.6. The monoisotopic (exact) mass is 979 g/mol. The molecule has 6 unspecified atom stereocenters. The Morgan fingerprint density at radius 3 is 1.46 bits per heavy atom. The lowest BCUT2D eigenvalue weighted by atomic mass is 9.82. The van der Waals surface area contributed by atoms with Crippen molar-refractivity contribution in [1.82, 2.24) is 0 Å². The van der Waals surface area contributed by atoms with E-state index in [-0.39, 0.29) is 12.0 Å². The zero-order valence-electron chi connectivity index (χ0n) is 48.4. The van der Waals surface area contributed by atoms with Crippen molar-refractivity contribution in [2.45, 2.75) is 220 Å². The van der Waals surface area contributed by atoms with Crippen molar-refractivity contribution >= 4 is 0 Å². The predicted octanol–water partition coefficient (Wildman–Crippen LogP) is 12.7. The molecule has 1 aliphatic heterocycles. The van der Waals surface area contributed by atoms with E-state index in [1.807, 2.05) is 46.8 Å². The van der Waals surface area contributed by atoms with Crippen LogP contribution in [0.2, 0.25) is 0 Å². The summed E-state index contributed by atoms with van der Waals surface area (Å²) in [6, 6.07) is 5.98. The summed E-state index contributed by atoms with van der Waals surface area (Å²) >= 11 is 0. The Hall–Kier alpha value is -1.38. The van der Waals surface area contributed by atoms with Crippen molar-refractivity contribution in [3.05, 3.63) is 29.3 Å². The molecule has 0 spiro atoms. The topological polar surface area (TPSA) is 157 Å². The highest BCUT2D eigenvalue weighted by Gasteiger charge is 2.44. The second kappa shape index (κ2) is 52.0. The summed E-state index contributed by atoms with van der Waals surface area (Å²) in [5.74, 6) is 4.42. The highest BCUT2D eigenvalue weighted by atomic mass is 16.6. The van der Waals surface area contributed by atoms with Crippen LogP contribution in [0.5, 0.6) is 5.75 Å². The smallest absolute Gasteiger partial charge is 0.160 e. The van der Waals surface area contributed by atoms with Gasteiger partial charge in [-0.2, -0.15) is 0 Å². The first kappa shape index (κ1) is 75.5. The fourth-order valence-corrected chi connectivity index (χ4v) is 5.75. The lowest BCUT2D eigenvalue weighted by Crippen LogP contribution is -2.55. The average Bonchev–Trinajstić information content (AvgIpc) is 3.25. The van der Waals surface area contributed by atoms with E-state index < -0.39 is 30.5 Å². The number of phenolic OH excluding ortho intramolecular Hbond substituents is 1. The second-order valence-electron chi connectivity index (χ2n) is 20.9. The number of benzene rings is 1. The molecule has 0 aliphatic carbocycles. The van der Waals surface area contributed by atoms with Crippen LogP contribution in [0.4, 0.5) is 0 Å². The molecule has 2 rings (SSSR count). The zero-order chi connectivity index (χ0) is 53.6. The summed E-state index contributed by atoms with van der Waals surface area (Å²) in [6.07, 6.45) is 6.23. The number of aryl methyl sites for hydroxylation is 2. The minimum absolute atomic E-state index is 0.0741. The van der Waals surface area contributed by atoms with Gasteiger partial charge in [-0.05, 0) is 110 Å². The largest absolute Gasteiger partial charge is 0.508 e. The zero-order valence-corrected chi connectivity index (χ0v) is 48.4. The number of aliphatic hydroxyl groups excluding tert-OH is 4. The van der Waals surface area contributed by atoms with Gasteiger partial charge in [0.1, 0.15) is 11.9 Å². The third-order valence-corrected chi connectivity index (χ3v) is 10.4. The van der Waals surface area contributed by atoms with E-state index in [1.165, 1.54) is 24.8 Å². The van der Waals surface area contributed by atoms with Crippen LogP contribution in [0, 0.1) is 54.3 Å². The Labute approximate surface area is 422 Å². The van der Waals surface area contributed by atoms with E-state index in [0.717, 1.165) is 88.5 Å². The minimum atomic E-state index is -0.974. The van der Waals surface area contributed by atoms with Gasteiger partial charge in [0, 0.05) is 46.6 Å². The van der Waals surface area contributed by atoms with Gasteiger partial charge in [0.2, 0.25) is 0 Å². The Morgan fingerprint density at radius 1 is 0.588 bits per heavy atom. The molecule has 412 valence electrons. The third-order valence-electron chi connectivity index (χ3n) is 10.4. The van der Waals surface area contributed by atoms with Crippen LogP contribution in [0.1, 0.15) is 187 Å². The quantitative estimate of drug-likeness (QED) is 0.0594. The molecule has 0 amide bonds. The van der Waals surface area contributed by atoms with Crippen molar-refractivity contribution < 1.29 is 54.0 Å². The van der Waals surface area contributed by atoms with Crippen LogP contribution < -0.4 is 0 Å². The number of methoxy groups -OCH3 is 2. The molecule has 1 fully saturated rings. The van der Waals surface area contributed by atoms with Crippen molar-refractivity contribution in [2.24, 2.45) is 47.3 Å². The van der Waals surface area contributed by atoms with Gasteiger partial charge in [-0.15, -0.1) is 0 Å². The summed E-state index contributed by atoms with van der Waals surface area (Å²) in [4.78, 5) is 0. The molecule has 0 saturated carbocycles. The Kier molecular flexibility index (Phi) is 57.7. The normalized spacial score (nSPS) is 18.0. The molecule has 6 atom stereocenters. The van der Waals surface area contributed by atoms with Crippen molar-refractivity contribution in [3.63, 3.8) is 0 Å². The van der Waals surface area contributed by atoms with E-state index in [4.69, 9.17) is 33.5 Å². The molecule has 5 N–H and O–H groups in total. The fourth-order valence-electron chi connectivity index (χ4n) is 5.75. The maximum Gasteiger partial charge on any atom is 0.160 e. The van der Waals surface area contributed by atoms with Gasteiger partial charge < -0.3 is 54.0 Å². The molecule has 1 saturated heterocycles. The number of aliphatic hydroxyl groups is 4. The number of hydrogen-bond acceptors (Lipinski definition) is 11. The number of aromatic hydroxyl groups is 1. The molecule has 11 heteroatoms. The van der Waals surface area contributed by atoms with E-state index in [1.54, 1.807) is 14.2 Å². The van der Waals surface area contributed by atoms with Crippen LogP contribution in [-0.2, 0) is 34.8 Å². The molecule has 68 heavy (non-hydrogen) atoms. The summed E-state index contributed by atoms with van der Waals surface area (Å²) in [5, 5.41) is 47.7. The molecule has 1 aromatic rings. The first-order valence-electron chi connectivity index (χ1n) is 26.7. The number of phenols is 1. The molecule has 1 heterocycles. The number of rotatable bonds is 25. The van der Waals surface area contributed by atoms with Gasteiger partial charge >= 0.3 is 0 Å². The minimum Gasteiger partial charge on any atom is -0.508 e. The molecule has 1 aliphatic rings. The number of ether oxygens (including phenoxy) is 6. The number of hydrogen-bond donors (Lipinski definition) is 5. The molecule has 1 aromatic carbocycles. The third kappa shape index (κ3) is 54.0. The van der Waals surface area contributed by atoms with Crippen LogP contribution >= 0.6 is 0 Å². The lowest BCUT2D eigenvalue weighted by molar-refractivity contribution is -0.272. The lowest BCUT2D eigenvalue weighted by Gasteiger charge is -2.42. The van der Waals surface area contributed by atoms with Crippen LogP contribution in [-0.4, -0.2) is 123 Å². The van der Waals surface area contributed by atoms with Gasteiger partial charge in [-0.1, -0.05) is 150 Å². The molecular weight excluding hydrogens is 861 g/mol. The Balaban J connectivity index is -0.000000232. The fraction of sp³-hybridized carbons (Fsp3) is 0.895. The van der Waals surface area contributed by atoms with Crippen molar-refractivity contribution in [1.29, 1.82) is 0 Å². The molecule has 0 radical (unpaired) electrons. The first-order chi connectivity index (χ1) is 31.8. The highest BCUT2D eigenvalue weighted by molar-refractivity contribution is 5.35. The van der Waals surface area contributed by atoms with E-state index in [9.17, 15) is 20.4 Å². The second-order valence-corrected chi connectivity index (χ2v) is 20.9. The van der Waals surface area contributed by atoms with Gasteiger partial charge in [0.15, 0.2) is 6.29 Å². The van der Waals surface area contributed by atoms with Gasteiger partial charge in [0.05, 0.1) is 44.7 Å². The van der Waals surface area contributed by atoms with Crippen LogP contribution in [0.15, 0.2) is 18.2 Å². The van der Waals surface area contributed by atoms with Crippen molar-refractivity contribution in [3.8, 4) is 5.75 Å². The van der Waals surface area contributed by atoms with Gasteiger partial charge in [-0.3, -0.25) is 0 Å². The summed E-state index contributed by atoms with van der Waals surface area (Å²) in [7, 11) is 3.37. The summed E-state index contributed by atoms with van der Waals surface area (Å²) in [6.45, 7) is 46.4. The molecule has 0 bridgehead atoms. The first-order valence-corrected chi connectivity index (χ1v) is 26.7.